The van der Waals surface area contributed by atoms with Crippen LogP contribution < -0.4 is 5.32 Å². The lowest BCUT2D eigenvalue weighted by molar-refractivity contribution is -0.126. The van der Waals surface area contributed by atoms with Gasteiger partial charge in [0, 0.05) is 24.7 Å². The highest BCUT2D eigenvalue weighted by atomic mass is 35.5. The van der Waals surface area contributed by atoms with E-state index in [0.717, 1.165) is 17.3 Å². The first-order valence-electron chi connectivity index (χ1n) is 7.30. The van der Waals surface area contributed by atoms with Crippen LogP contribution >= 0.6 is 23.4 Å². The number of thioether (sulfide) groups is 1. The minimum Gasteiger partial charge on any atom is -0.334 e. The molecule has 1 atom stereocenters. The Labute approximate surface area is 143 Å². The summed E-state index contributed by atoms with van der Waals surface area (Å²) in [5, 5.41) is 3.29. The van der Waals surface area contributed by atoms with Crippen LogP contribution in [0, 0.1) is 0 Å². The third-order valence-corrected chi connectivity index (χ3v) is 5.04. The van der Waals surface area contributed by atoms with Crippen molar-refractivity contribution in [3.05, 3.63) is 34.9 Å². The zero-order valence-corrected chi connectivity index (χ0v) is 13.9. The number of benzene rings is 1. The Kier molecular flexibility index (Phi) is 4.77. The first kappa shape index (κ1) is 16.1. The summed E-state index contributed by atoms with van der Waals surface area (Å²) < 4.78 is 0. The summed E-state index contributed by atoms with van der Waals surface area (Å²) in [5.41, 5.74) is 0.958. The van der Waals surface area contributed by atoms with Crippen LogP contribution in [0.15, 0.2) is 24.3 Å². The van der Waals surface area contributed by atoms with Gasteiger partial charge in [-0.05, 0) is 24.1 Å². The van der Waals surface area contributed by atoms with E-state index in [0.29, 0.717) is 31.1 Å². The lowest BCUT2D eigenvalue weighted by Gasteiger charge is -2.22. The summed E-state index contributed by atoms with van der Waals surface area (Å²) in [6.45, 7) is 1.35. The average Bonchev–Trinajstić information content (AvgIpc) is 3.13. The number of imide groups is 1. The maximum atomic E-state index is 12.2. The van der Waals surface area contributed by atoms with Gasteiger partial charge in [0.25, 0.3) is 5.24 Å². The molecule has 1 N–H and O–H groups in total. The number of urea groups is 1. The fraction of sp³-hybridized carbons (Fsp3) is 0.400. The van der Waals surface area contributed by atoms with Crippen molar-refractivity contribution >= 4 is 40.5 Å². The Morgan fingerprint density at radius 1 is 1.30 bits per heavy atom. The smallest absolute Gasteiger partial charge is 0.317 e. The number of nitrogens with one attached hydrogen (secondary N) is 1. The highest BCUT2D eigenvalue weighted by Crippen LogP contribution is 2.26. The van der Waals surface area contributed by atoms with Gasteiger partial charge in [-0.15, -0.1) is 0 Å². The van der Waals surface area contributed by atoms with Crippen molar-refractivity contribution in [2.24, 2.45) is 0 Å². The predicted octanol–water partition coefficient (Wildman–Crippen LogP) is 2.32. The Morgan fingerprint density at radius 2 is 2.04 bits per heavy atom. The quantitative estimate of drug-likeness (QED) is 0.905. The van der Waals surface area contributed by atoms with E-state index >= 15 is 0 Å². The summed E-state index contributed by atoms with van der Waals surface area (Å²) in [6.07, 6.45) is 0.631. The van der Waals surface area contributed by atoms with Crippen molar-refractivity contribution in [2.45, 2.75) is 19.0 Å². The highest BCUT2D eigenvalue weighted by molar-refractivity contribution is 8.14. The molecule has 4 amide bonds. The molecule has 0 aromatic heterocycles. The monoisotopic (exact) mass is 353 g/mol. The molecule has 8 heteroatoms. The van der Waals surface area contributed by atoms with Crippen LogP contribution in [0.1, 0.15) is 12.0 Å². The maximum Gasteiger partial charge on any atom is 0.317 e. The van der Waals surface area contributed by atoms with Gasteiger partial charge in [0.1, 0.15) is 0 Å². The van der Waals surface area contributed by atoms with E-state index in [9.17, 15) is 14.4 Å². The van der Waals surface area contributed by atoms with E-state index in [2.05, 4.69) is 5.32 Å². The lowest BCUT2D eigenvalue weighted by Crippen LogP contribution is -2.43. The molecule has 3 rings (SSSR count). The Balaban J connectivity index is 1.52. The minimum absolute atomic E-state index is 0.159. The predicted molar refractivity (Wildman–Crippen MR) is 88.4 cm³/mol. The third-order valence-electron chi connectivity index (χ3n) is 3.96. The number of hydrogen-bond acceptors (Lipinski definition) is 4. The van der Waals surface area contributed by atoms with Gasteiger partial charge in [0.2, 0.25) is 5.91 Å². The van der Waals surface area contributed by atoms with Crippen molar-refractivity contribution < 1.29 is 14.4 Å². The van der Waals surface area contributed by atoms with Gasteiger partial charge in [-0.25, -0.2) is 4.79 Å². The molecule has 23 heavy (non-hydrogen) atoms. The number of likely N-dealkylation sites (tertiary alicyclic amines) is 1. The molecule has 0 aliphatic carbocycles. The van der Waals surface area contributed by atoms with Gasteiger partial charge in [-0.3, -0.25) is 14.5 Å². The third kappa shape index (κ3) is 3.61. The molecular formula is C15H16ClN3O3S. The molecular weight excluding hydrogens is 338 g/mol. The van der Waals surface area contributed by atoms with E-state index in [4.69, 9.17) is 11.6 Å². The van der Waals surface area contributed by atoms with Gasteiger partial charge in [0.15, 0.2) is 0 Å². The lowest BCUT2D eigenvalue weighted by atomic mass is 10.2. The second-order valence-electron chi connectivity index (χ2n) is 5.49. The van der Waals surface area contributed by atoms with Crippen molar-refractivity contribution in [1.29, 1.82) is 0 Å². The molecule has 2 fully saturated rings. The van der Waals surface area contributed by atoms with Crippen LogP contribution in [-0.4, -0.2) is 51.9 Å². The number of nitrogens with zero attached hydrogens (tertiary/aromatic N) is 2. The van der Waals surface area contributed by atoms with Crippen LogP contribution in [0.3, 0.4) is 0 Å². The summed E-state index contributed by atoms with van der Waals surface area (Å²) in [4.78, 5) is 38.6. The first-order valence-corrected chi connectivity index (χ1v) is 8.67. The van der Waals surface area contributed by atoms with Gasteiger partial charge in [-0.2, -0.15) is 0 Å². The fourth-order valence-electron chi connectivity index (χ4n) is 2.75. The minimum atomic E-state index is -0.205. The molecule has 2 heterocycles. The van der Waals surface area contributed by atoms with Crippen LogP contribution in [0.25, 0.3) is 0 Å². The Hall–Kier alpha value is -1.73. The average molecular weight is 354 g/mol. The molecule has 0 bridgehead atoms. The van der Waals surface area contributed by atoms with Crippen LogP contribution in [0.5, 0.6) is 0 Å². The van der Waals surface area contributed by atoms with Gasteiger partial charge < -0.3 is 10.2 Å². The largest absolute Gasteiger partial charge is 0.334 e. The van der Waals surface area contributed by atoms with Crippen molar-refractivity contribution in [2.75, 3.05) is 18.8 Å². The number of carbonyl (C=O) groups is 3. The van der Waals surface area contributed by atoms with Crippen LogP contribution in [0.2, 0.25) is 5.02 Å². The van der Waals surface area contributed by atoms with E-state index < -0.39 is 0 Å². The topological polar surface area (TPSA) is 69.7 Å². The molecule has 1 aromatic carbocycles. The molecule has 2 aliphatic rings. The molecule has 0 saturated carbocycles. The molecule has 2 saturated heterocycles. The normalized spacial score (nSPS) is 21.2. The van der Waals surface area contributed by atoms with Crippen LogP contribution in [-0.2, 0) is 11.3 Å². The molecule has 6 nitrogen and oxygen atoms in total. The fourth-order valence-corrected chi connectivity index (χ4v) is 3.65. The number of rotatable bonds is 3. The summed E-state index contributed by atoms with van der Waals surface area (Å²) in [5.74, 6) is 0.0476. The van der Waals surface area contributed by atoms with E-state index in [1.165, 1.54) is 4.90 Å². The molecule has 1 unspecified atom stereocenters. The first-order chi connectivity index (χ1) is 11.0. The summed E-state index contributed by atoms with van der Waals surface area (Å²) in [7, 11) is 0. The second kappa shape index (κ2) is 6.80. The molecule has 122 valence electrons. The number of carbonyl (C=O) groups excluding carboxylic acids is 3. The Bertz CT molecular complexity index is 621. The number of halogens is 1. The summed E-state index contributed by atoms with van der Waals surface area (Å²) >= 11 is 6.85. The van der Waals surface area contributed by atoms with E-state index in [1.807, 2.05) is 12.1 Å². The molecule has 1 aromatic rings. The van der Waals surface area contributed by atoms with Gasteiger partial charge >= 0.3 is 6.03 Å². The van der Waals surface area contributed by atoms with Gasteiger partial charge in [0.05, 0.1) is 11.8 Å². The highest BCUT2D eigenvalue weighted by Gasteiger charge is 2.40. The second-order valence-corrected chi connectivity index (χ2v) is 6.86. The standard InChI is InChI=1S/C15H16ClN3O3S/c16-11-3-1-10(2-4-11)7-17-14(21)18-6-5-12(8-18)19-13(20)9-23-15(19)22/h1-4,12H,5-9H2,(H,17,21). The SMILES string of the molecule is O=C(NCc1ccc(Cl)cc1)N1CCC(N2C(=O)CSC2=O)C1. The van der Waals surface area contributed by atoms with E-state index in [1.54, 1.807) is 17.0 Å². The molecule has 2 aliphatic heterocycles. The number of amides is 4. The maximum absolute atomic E-state index is 12.2. The number of hydrogen-bond donors (Lipinski definition) is 1. The molecule has 0 spiro atoms. The Morgan fingerprint density at radius 3 is 2.70 bits per heavy atom. The van der Waals surface area contributed by atoms with E-state index in [-0.39, 0.29) is 29.0 Å². The molecule has 0 radical (unpaired) electrons. The summed E-state index contributed by atoms with van der Waals surface area (Å²) in [6, 6.07) is 6.87. The van der Waals surface area contributed by atoms with Crippen LogP contribution in [0.4, 0.5) is 9.59 Å². The van der Waals surface area contributed by atoms with Crippen molar-refractivity contribution in [3.8, 4) is 0 Å². The van der Waals surface area contributed by atoms with Crippen molar-refractivity contribution in [3.63, 3.8) is 0 Å². The zero-order chi connectivity index (χ0) is 16.4. The zero-order valence-electron chi connectivity index (χ0n) is 12.3. The van der Waals surface area contributed by atoms with Gasteiger partial charge in [-0.1, -0.05) is 35.5 Å². The van der Waals surface area contributed by atoms with Crippen molar-refractivity contribution in [1.82, 2.24) is 15.1 Å².